The molecule has 0 atom stereocenters. The Morgan fingerprint density at radius 2 is 1.71 bits per heavy atom. The number of benzene rings is 2. The highest BCUT2D eigenvalue weighted by Crippen LogP contribution is 2.21. The third-order valence-corrected chi connectivity index (χ3v) is 2.52. The lowest BCUT2D eigenvalue weighted by atomic mass is 10.1. The van der Waals surface area contributed by atoms with Gasteiger partial charge in [0.1, 0.15) is 5.82 Å². The molecule has 2 rings (SSSR count). The van der Waals surface area contributed by atoms with E-state index in [9.17, 15) is 4.39 Å². The Hall–Kier alpha value is -1.87. The molecule has 2 aromatic rings. The van der Waals surface area contributed by atoms with Crippen LogP contribution in [0.25, 0.3) is 0 Å². The number of rotatable bonds is 4. The van der Waals surface area contributed by atoms with Gasteiger partial charge in [0, 0.05) is 18.0 Å². The van der Waals surface area contributed by atoms with Crippen LogP contribution in [0.15, 0.2) is 48.5 Å². The largest absolute Gasteiger partial charge is 0.396 e. The minimum atomic E-state index is -0.251. The Labute approximate surface area is 99.7 Å². The van der Waals surface area contributed by atoms with Crippen molar-refractivity contribution >= 4 is 11.4 Å². The number of nitrogens with one attached hydrogen (secondary N) is 1. The predicted molar refractivity (Wildman–Crippen MR) is 66.9 cm³/mol. The second-order valence-electron chi connectivity index (χ2n) is 3.76. The highest BCUT2D eigenvalue weighted by atomic mass is 19.1. The smallest absolute Gasteiger partial charge is 0.123 e. The van der Waals surface area contributed by atoms with Crippen LogP contribution < -0.4 is 5.32 Å². The first-order valence-corrected chi connectivity index (χ1v) is 5.51. The molecule has 0 spiro atoms. The summed E-state index contributed by atoms with van der Waals surface area (Å²) in [6.45, 7) is 0.113. The molecule has 0 bridgehead atoms. The molecule has 2 N–H and O–H groups in total. The summed E-state index contributed by atoms with van der Waals surface area (Å²) >= 11 is 0. The zero-order valence-corrected chi connectivity index (χ0v) is 9.36. The summed E-state index contributed by atoms with van der Waals surface area (Å²) in [5, 5.41) is 12.2. The highest BCUT2D eigenvalue weighted by Gasteiger charge is 2.01. The summed E-state index contributed by atoms with van der Waals surface area (Å²) in [7, 11) is 0. The van der Waals surface area contributed by atoms with E-state index >= 15 is 0 Å². The summed E-state index contributed by atoms with van der Waals surface area (Å²) in [5.74, 6) is -0.251. The van der Waals surface area contributed by atoms with Crippen molar-refractivity contribution in [3.05, 3.63) is 59.9 Å². The zero-order valence-electron chi connectivity index (χ0n) is 9.36. The van der Waals surface area contributed by atoms with Crippen molar-refractivity contribution in [1.29, 1.82) is 0 Å². The first-order valence-electron chi connectivity index (χ1n) is 5.51. The number of para-hydroxylation sites is 1. The third-order valence-electron chi connectivity index (χ3n) is 2.52. The molecular formula is C14H14FNO. The molecule has 88 valence electrons. The van der Waals surface area contributed by atoms with Crippen molar-refractivity contribution in [3.63, 3.8) is 0 Å². The van der Waals surface area contributed by atoms with Crippen LogP contribution >= 0.6 is 0 Å². The van der Waals surface area contributed by atoms with E-state index in [4.69, 9.17) is 5.11 Å². The third kappa shape index (κ3) is 3.04. The Morgan fingerprint density at radius 3 is 2.41 bits per heavy atom. The fourth-order valence-electron chi connectivity index (χ4n) is 1.67. The number of aliphatic hydroxyl groups is 1. The second-order valence-corrected chi connectivity index (χ2v) is 3.76. The van der Waals surface area contributed by atoms with Gasteiger partial charge in [0.05, 0.1) is 0 Å². The molecule has 2 aromatic carbocycles. The van der Waals surface area contributed by atoms with Crippen LogP contribution in [0.3, 0.4) is 0 Å². The molecule has 0 unspecified atom stereocenters. The van der Waals surface area contributed by atoms with Crippen LogP contribution in [-0.4, -0.2) is 11.7 Å². The molecular weight excluding hydrogens is 217 g/mol. The number of hydrogen-bond donors (Lipinski definition) is 2. The van der Waals surface area contributed by atoms with Gasteiger partial charge < -0.3 is 10.4 Å². The summed E-state index contributed by atoms with van der Waals surface area (Å²) in [6.07, 6.45) is 0.602. The topological polar surface area (TPSA) is 32.3 Å². The molecule has 0 aliphatic rings. The van der Waals surface area contributed by atoms with Gasteiger partial charge in [-0.15, -0.1) is 0 Å². The summed E-state index contributed by atoms with van der Waals surface area (Å²) in [4.78, 5) is 0. The van der Waals surface area contributed by atoms with E-state index in [1.54, 1.807) is 12.1 Å². The van der Waals surface area contributed by atoms with E-state index in [0.717, 1.165) is 16.9 Å². The molecule has 0 amide bonds. The SMILES string of the molecule is OCCc1ccccc1Nc1ccc(F)cc1. The van der Waals surface area contributed by atoms with Gasteiger partial charge in [-0.05, 0) is 42.3 Å². The minimum absolute atomic E-state index is 0.113. The Balaban J connectivity index is 2.20. The van der Waals surface area contributed by atoms with Gasteiger partial charge in [-0.25, -0.2) is 4.39 Å². The zero-order chi connectivity index (χ0) is 12.1. The van der Waals surface area contributed by atoms with Gasteiger partial charge in [0.15, 0.2) is 0 Å². The van der Waals surface area contributed by atoms with Crippen LogP contribution in [-0.2, 0) is 6.42 Å². The fraction of sp³-hybridized carbons (Fsp3) is 0.143. The average molecular weight is 231 g/mol. The van der Waals surface area contributed by atoms with E-state index < -0.39 is 0 Å². The molecule has 2 nitrogen and oxygen atoms in total. The van der Waals surface area contributed by atoms with Crippen molar-refractivity contribution in [1.82, 2.24) is 0 Å². The molecule has 0 radical (unpaired) electrons. The molecule has 0 fully saturated rings. The van der Waals surface area contributed by atoms with E-state index in [2.05, 4.69) is 5.32 Å². The quantitative estimate of drug-likeness (QED) is 0.847. The average Bonchev–Trinajstić information content (AvgIpc) is 2.35. The van der Waals surface area contributed by atoms with Crippen molar-refractivity contribution < 1.29 is 9.50 Å². The molecule has 0 aromatic heterocycles. The Kier molecular flexibility index (Phi) is 3.73. The van der Waals surface area contributed by atoms with Gasteiger partial charge in [-0.2, -0.15) is 0 Å². The monoisotopic (exact) mass is 231 g/mol. The van der Waals surface area contributed by atoms with Crippen molar-refractivity contribution in [2.24, 2.45) is 0 Å². The van der Waals surface area contributed by atoms with Crippen LogP contribution in [0, 0.1) is 5.82 Å². The summed E-state index contributed by atoms with van der Waals surface area (Å²) < 4.78 is 12.8. The van der Waals surface area contributed by atoms with Gasteiger partial charge in [-0.1, -0.05) is 18.2 Å². The van der Waals surface area contributed by atoms with Crippen molar-refractivity contribution in [3.8, 4) is 0 Å². The standard InChI is InChI=1S/C14H14FNO/c15-12-5-7-13(8-6-12)16-14-4-2-1-3-11(14)9-10-17/h1-8,16-17H,9-10H2. The van der Waals surface area contributed by atoms with Gasteiger partial charge >= 0.3 is 0 Å². The van der Waals surface area contributed by atoms with E-state index in [1.807, 2.05) is 24.3 Å². The van der Waals surface area contributed by atoms with E-state index in [-0.39, 0.29) is 12.4 Å². The normalized spacial score (nSPS) is 10.2. The maximum atomic E-state index is 12.8. The van der Waals surface area contributed by atoms with Crippen LogP contribution in [0.2, 0.25) is 0 Å². The van der Waals surface area contributed by atoms with Crippen LogP contribution in [0.1, 0.15) is 5.56 Å². The van der Waals surface area contributed by atoms with Crippen molar-refractivity contribution in [2.45, 2.75) is 6.42 Å². The lowest BCUT2D eigenvalue weighted by Gasteiger charge is -2.11. The maximum Gasteiger partial charge on any atom is 0.123 e. The molecule has 0 saturated carbocycles. The van der Waals surface area contributed by atoms with Gasteiger partial charge in [0.25, 0.3) is 0 Å². The fourth-order valence-corrected chi connectivity index (χ4v) is 1.67. The number of hydrogen-bond acceptors (Lipinski definition) is 2. The van der Waals surface area contributed by atoms with Crippen molar-refractivity contribution in [2.75, 3.05) is 11.9 Å². The Bertz CT molecular complexity index is 482. The maximum absolute atomic E-state index is 12.8. The summed E-state index contributed by atoms with van der Waals surface area (Å²) in [5.41, 5.74) is 2.81. The summed E-state index contributed by atoms with van der Waals surface area (Å²) in [6, 6.07) is 14.0. The molecule has 17 heavy (non-hydrogen) atoms. The first kappa shape index (κ1) is 11.6. The lowest BCUT2D eigenvalue weighted by Crippen LogP contribution is -1.98. The number of anilines is 2. The van der Waals surface area contributed by atoms with Gasteiger partial charge in [0.2, 0.25) is 0 Å². The molecule has 0 aliphatic carbocycles. The van der Waals surface area contributed by atoms with Gasteiger partial charge in [-0.3, -0.25) is 0 Å². The number of halogens is 1. The molecule has 3 heteroatoms. The van der Waals surface area contributed by atoms with Crippen LogP contribution in [0.5, 0.6) is 0 Å². The van der Waals surface area contributed by atoms with Crippen LogP contribution in [0.4, 0.5) is 15.8 Å². The lowest BCUT2D eigenvalue weighted by molar-refractivity contribution is 0.300. The number of aliphatic hydroxyl groups excluding tert-OH is 1. The second kappa shape index (κ2) is 5.46. The molecule has 0 heterocycles. The highest BCUT2D eigenvalue weighted by molar-refractivity contribution is 5.63. The van der Waals surface area contributed by atoms with E-state index in [1.165, 1.54) is 12.1 Å². The minimum Gasteiger partial charge on any atom is -0.396 e. The molecule has 0 aliphatic heterocycles. The Morgan fingerprint density at radius 1 is 1.00 bits per heavy atom. The van der Waals surface area contributed by atoms with E-state index in [0.29, 0.717) is 6.42 Å². The molecule has 0 saturated heterocycles. The predicted octanol–water partition coefficient (Wildman–Crippen LogP) is 3.10. The first-order chi connectivity index (χ1) is 8.29.